The van der Waals surface area contributed by atoms with Crippen LogP contribution in [0.5, 0.6) is 5.75 Å². The first-order chi connectivity index (χ1) is 9.33. The standard InChI is InChI=1S/C16H20N2O/c1-2-7-18-8-3-4-13-14-9-12(10-17)5-6-16(14)19-11-15(13)18/h5-6,9,13,15H,2-4,7-8,11H2,1H3. The van der Waals surface area contributed by atoms with Gasteiger partial charge in [0, 0.05) is 11.5 Å². The Morgan fingerprint density at radius 2 is 2.37 bits per heavy atom. The van der Waals surface area contributed by atoms with E-state index in [1.165, 1.54) is 31.4 Å². The largest absolute Gasteiger partial charge is 0.492 e. The van der Waals surface area contributed by atoms with Gasteiger partial charge >= 0.3 is 0 Å². The van der Waals surface area contributed by atoms with Gasteiger partial charge in [-0.1, -0.05) is 6.92 Å². The summed E-state index contributed by atoms with van der Waals surface area (Å²) in [6.45, 7) is 5.36. The van der Waals surface area contributed by atoms with Crippen LogP contribution >= 0.6 is 0 Å². The Kier molecular flexibility index (Phi) is 3.44. The van der Waals surface area contributed by atoms with E-state index in [0.717, 1.165) is 24.5 Å². The van der Waals surface area contributed by atoms with Crippen LogP contribution in [-0.4, -0.2) is 30.6 Å². The topological polar surface area (TPSA) is 36.3 Å². The van der Waals surface area contributed by atoms with Crippen LogP contribution in [0.4, 0.5) is 0 Å². The lowest BCUT2D eigenvalue weighted by molar-refractivity contribution is 0.0659. The Bertz CT molecular complexity index is 504. The molecular weight excluding hydrogens is 236 g/mol. The van der Waals surface area contributed by atoms with Gasteiger partial charge in [-0.05, 0) is 50.6 Å². The van der Waals surface area contributed by atoms with E-state index in [9.17, 15) is 0 Å². The first-order valence-corrected chi connectivity index (χ1v) is 7.24. The maximum atomic E-state index is 9.07. The van der Waals surface area contributed by atoms with Gasteiger partial charge in [-0.3, -0.25) is 4.90 Å². The Morgan fingerprint density at radius 1 is 1.47 bits per heavy atom. The van der Waals surface area contributed by atoms with Gasteiger partial charge in [0.1, 0.15) is 12.4 Å². The first-order valence-electron chi connectivity index (χ1n) is 7.24. The summed E-state index contributed by atoms with van der Waals surface area (Å²) in [7, 11) is 0. The molecule has 100 valence electrons. The first kappa shape index (κ1) is 12.5. The van der Waals surface area contributed by atoms with Gasteiger partial charge in [0.05, 0.1) is 17.7 Å². The lowest BCUT2D eigenvalue weighted by atomic mass is 9.81. The van der Waals surface area contributed by atoms with Crippen molar-refractivity contribution >= 4 is 0 Å². The van der Waals surface area contributed by atoms with Crippen molar-refractivity contribution in [3.05, 3.63) is 29.3 Å². The van der Waals surface area contributed by atoms with Crippen LogP contribution in [0.1, 0.15) is 43.2 Å². The SMILES string of the molecule is CCCN1CCCC2c3cc(C#N)ccc3OCC21. The van der Waals surface area contributed by atoms with Gasteiger partial charge in [-0.15, -0.1) is 0 Å². The highest BCUT2D eigenvalue weighted by atomic mass is 16.5. The Morgan fingerprint density at radius 3 is 3.16 bits per heavy atom. The quantitative estimate of drug-likeness (QED) is 0.816. The average Bonchev–Trinajstić information content (AvgIpc) is 2.47. The van der Waals surface area contributed by atoms with E-state index < -0.39 is 0 Å². The molecule has 2 aliphatic rings. The molecule has 0 amide bonds. The third kappa shape index (κ3) is 2.21. The minimum atomic E-state index is 0.496. The van der Waals surface area contributed by atoms with Gasteiger partial charge in [0.2, 0.25) is 0 Å². The zero-order chi connectivity index (χ0) is 13.2. The van der Waals surface area contributed by atoms with Crippen molar-refractivity contribution in [1.29, 1.82) is 5.26 Å². The third-order valence-corrected chi connectivity index (χ3v) is 4.35. The number of piperidine rings is 1. The summed E-state index contributed by atoms with van der Waals surface area (Å²) in [5.41, 5.74) is 1.99. The molecule has 2 heterocycles. The summed E-state index contributed by atoms with van der Waals surface area (Å²) in [6.07, 6.45) is 3.65. The number of hydrogen-bond acceptors (Lipinski definition) is 3. The number of rotatable bonds is 2. The van der Waals surface area contributed by atoms with Crippen LogP contribution < -0.4 is 4.74 Å². The van der Waals surface area contributed by atoms with E-state index in [1.54, 1.807) is 0 Å². The van der Waals surface area contributed by atoms with E-state index in [-0.39, 0.29) is 0 Å². The molecule has 3 nitrogen and oxygen atoms in total. The zero-order valence-electron chi connectivity index (χ0n) is 11.4. The van der Waals surface area contributed by atoms with E-state index >= 15 is 0 Å². The summed E-state index contributed by atoms with van der Waals surface area (Å²) >= 11 is 0. The van der Waals surface area contributed by atoms with E-state index in [0.29, 0.717) is 12.0 Å². The highest BCUT2D eigenvalue weighted by molar-refractivity contribution is 5.46. The molecule has 1 fully saturated rings. The number of nitriles is 1. The maximum absolute atomic E-state index is 9.07. The highest BCUT2D eigenvalue weighted by Crippen LogP contribution is 2.41. The van der Waals surface area contributed by atoms with Crippen LogP contribution in [0.25, 0.3) is 0 Å². The molecule has 0 aliphatic carbocycles. The molecule has 0 aromatic heterocycles. The predicted octanol–water partition coefficient (Wildman–Crippen LogP) is 2.91. The normalized spacial score (nSPS) is 25.9. The minimum Gasteiger partial charge on any atom is -0.492 e. The molecule has 0 bridgehead atoms. The molecule has 1 aromatic rings. The van der Waals surface area contributed by atoms with Crippen molar-refractivity contribution in [1.82, 2.24) is 4.90 Å². The summed E-state index contributed by atoms with van der Waals surface area (Å²) in [5, 5.41) is 9.07. The molecule has 2 aliphatic heterocycles. The summed E-state index contributed by atoms with van der Waals surface area (Å²) in [5.74, 6) is 1.52. The molecule has 0 radical (unpaired) electrons. The zero-order valence-corrected chi connectivity index (χ0v) is 11.4. The molecule has 0 N–H and O–H groups in total. The van der Waals surface area contributed by atoms with Crippen molar-refractivity contribution in [2.75, 3.05) is 19.7 Å². The lowest BCUT2D eigenvalue weighted by Crippen LogP contribution is -2.49. The number of fused-ring (bicyclic) bond motifs is 3. The van der Waals surface area contributed by atoms with E-state index in [2.05, 4.69) is 17.9 Å². The number of benzene rings is 1. The van der Waals surface area contributed by atoms with Crippen LogP contribution in [0.2, 0.25) is 0 Å². The molecule has 0 saturated carbocycles. The second-order valence-electron chi connectivity index (χ2n) is 5.53. The monoisotopic (exact) mass is 256 g/mol. The molecule has 19 heavy (non-hydrogen) atoms. The second-order valence-corrected chi connectivity index (χ2v) is 5.53. The average molecular weight is 256 g/mol. The van der Waals surface area contributed by atoms with Crippen LogP contribution in [-0.2, 0) is 0 Å². The molecule has 3 rings (SSSR count). The van der Waals surface area contributed by atoms with E-state index in [4.69, 9.17) is 10.00 Å². The van der Waals surface area contributed by atoms with Crippen molar-refractivity contribution in [3.63, 3.8) is 0 Å². The Hall–Kier alpha value is -1.53. The van der Waals surface area contributed by atoms with Gasteiger partial charge in [0.15, 0.2) is 0 Å². The molecule has 2 unspecified atom stereocenters. The highest BCUT2D eigenvalue weighted by Gasteiger charge is 2.37. The van der Waals surface area contributed by atoms with Crippen LogP contribution in [0.15, 0.2) is 18.2 Å². The number of ether oxygens (including phenoxy) is 1. The number of nitrogens with zero attached hydrogens (tertiary/aromatic N) is 2. The number of hydrogen-bond donors (Lipinski definition) is 0. The van der Waals surface area contributed by atoms with Gasteiger partial charge in [0.25, 0.3) is 0 Å². The Balaban J connectivity index is 1.93. The molecule has 1 saturated heterocycles. The second kappa shape index (κ2) is 5.22. The van der Waals surface area contributed by atoms with Gasteiger partial charge in [-0.25, -0.2) is 0 Å². The lowest BCUT2D eigenvalue weighted by Gasteiger charge is -2.44. The van der Waals surface area contributed by atoms with Crippen molar-refractivity contribution in [2.24, 2.45) is 0 Å². The predicted molar refractivity (Wildman–Crippen MR) is 74.3 cm³/mol. The fraction of sp³-hybridized carbons (Fsp3) is 0.562. The summed E-state index contributed by atoms with van der Waals surface area (Å²) in [4.78, 5) is 2.57. The fourth-order valence-corrected chi connectivity index (χ4v) is 3.49. The van der Waals surface area contributed by atoms with Crippen molar-refractivity contribution < 1.29 is 4.74 Å². The smallest absolute Gasteiger partial charge is 0.123 e. The number of likely N-dealkylation sites (tertiary alicyclic amines) is 1. The molecular formula is C16H20N2O. The Labute approximate surface area is 114 Å². The molecule has 0 spiro atoms. The maximum Gasteiger partial charge on any atom is 0.123 e. The fourth-order valence-electron chi connectivity index (χ4n) is 3.49. The van der Waals surface area contributed by atoms with Crippen molar-refractivity contribution in [2.45, 2.75) is 38.1 Å². The molecule has 3 heteroatoms. The third-order valence-electron chi connectivity index (χ3n) is 4.35. The minimum absolute atomic E-state index is 0.496. The van der Waals surface area contributed by atoms with Crippen molar-refractivity contribution in [3.8, 4) is 11.8 Å². The summed E-state index contributed by atoms with van der Waals surface area (Å²) < 4.78 is 5.92. The van der Waals surface area contributed by atoms with Gasteiger partial charge in [-0.2, -0.15) is 5.26 Å². The van der Waals surface area contributed by atoms with Gasteiger partial charge < -0.3 is 4.74 Å². The summed E-state index contributed by atoms with van der Waals surface area (Å²) in [6, 6.07) is 8.58. The molecule has 2 atom stereocenters. The van der Waals surface area contributed by atoms with E-state index in [1.807, 2.05) is 18.2 Å². The molecule has 1 aromatic carbocycles. The van der Waals surface area contributed by atoms with Crippen LogP contribution in [0, 0.1) is 11.3 Å². The van der Waals surface area contributed by atoms with Crippen LogP contribution in [0.3, 0.4) is 0 Å².